The van der Waals surface area contributed by atoms with Gasteiger partial charge in [0.15, 0.2) is 0 Å². The average molecular weight is 413 g/mol. The summed E-state index contributed by atoms with van der Waals surface area (Å²) in [6.45, 7) is 2.49. The van der Waals surface area contributed by atoms with E-state index in [2.05, 4.69) is 28.3 Å². The zero-order chi connectivity index (χ0) is 19.8. The van der Waals surface area contributed by atoms with Crippen LogP contribution in [0.1, 0.15) is 55.4 Å². The molecule has 3 aliphatic rings. The maximum atomic E-state index is 12.5. The second kappa shape index (κ2) is 8.23. The minimum Gasteiger partial charge on any atom is -0.382 e. The molecule has 1 saturated carbocycles. The van der Waals surface area contributed by atoms with Crippen molar-refractivity contribution < 1.29 is 4.79 Å². The van der Waals surface area contributed by atoms with Crippen molar-refractivity contribution in [2.24, 2.45) is 0 Å². The van der Waals surface area contributed by atoms with Crippen molar-refractivity contribution in [2.75, 3.05) is 32.0 Å². The van der Waals surface area contributed by atoms with E-state index in [4.69, 9.17) is 0 Å². The van der Waals surface area contributed by atoms with Crippen LogP contribution in [-0.2, 0) is 17.6 Å². The number of hydrogen-bond donors (Lipinski definition) is 1. The van der Waals surface area contributed by atoms with Gasteiger partial charge in [0, 0.05) is 47.3 Å². The van der Waals surface area contributed by atoms with Gasteiger partial charge >= 0.3 is 0 Å². The second-order valence-corrected chi connectivity index (χ2v) is 10.1. The molecule has 1 saturated heterocycles. The first kappa shape index (κ1) is 19.3. The molecule has 2 aromatic heterocycles. The fraction of sp³-hybridized carbons (Fsp3) is 0.652. The van der Waals surface area contributed by atoms with Crippen molar-refractivity contribution in [2.45, 2.75) is 69.9 Å². The molecule has 156 valence electrons. The molecule has 2 aliphatic carbocycles. The summed E-state index contributed by atoms with van der Waals surface area (Å²) in [6, 6.07) is 3.22. The largest absolute Gasteiger partial charge is 0.382 e. The number of aryl methyl sites for hydroxylation is 2. The molecule has 3 heterocycles. The Morgan fingerprint density at radius 3 is 2.79 bits per heavy atom. The third kappa shape index (κ3) is 3.89. The van der Waals surface area contributed by atoms with Crippen LogP contribution in [0.15, 0.2) is 12.3 Å². The van der Waals surface area contributed by atoms with Crippen molar-refractivity contribution in [3.8, 4) is 0 Å². The first-order valence-corrected chi connectivity index (χ1v) is 12.1. The van der Waals surface area contributed by atoms with Crippen LogP contribution in [0.5, 0.6) is 0 Å². The number of nitrogens with one attached hydrogen (secondary N) is 1. The zero-order valence-electron chi connectivity index (χ0n) is 17.5. The highest BCUT2D eigenvalue weighted by molar-refractivity contribution is 7.19. The third-order valence-electron chi connectivity index (χ3n) is 7.13. The summed E-state index contributed by atoms with van der Waals surface area (Å²) in [5.41, 5.74) is 2.84. The molecule has 2 fully saturated rings. The lowest BCUT2D eigenvalue weighted by Gasteiger charge is -2.35. The highest BCUT2D eigenvalue weighted by atomic mass is 32.1. The maximum absolute atomic E-state index is 12.5. The number of likely N-dealkylation sites (tertiary alicyclic amines) is 1. The Morgan fingerprint density at radius 2 is 2.00 bits per heavy atom. The van der Waals surface area contributed by atoms with Crippen LogP contribution < -0.4 is 5.32 Å². The number of anilines is 1. The highest BCUT2D eigenvalue weighted by Gasteiger charge is 2.28. The molecule has 0 spiro atoms. The Labute approximate surface area is 177 Å². The number of nitrogens with zero attached hydrogens (tertiary/aromatic N) is 3. The zero-order valence-corrected chi connectivity index (χ0v) is 18.3. The molecular weight excluding hydrogens is 380 g/mol. The van der Waals surface area contributed by atoms with E-state index in [1.165, 1.54) is 60.8 Å². The van der Waals surface area contributed by atoms with Gasteiger partial charge in [-0.1, -0.05) is 0 Å². The van der Waals surface area contributed by atoms with E-state index in [0.29, 0.717) is 24.5 Å². The SMILES string of the molecule is CN(CC(=O)N1CCCC1)C1CCC(Nc2ccnc3sc4c(c23)CCC4)CC1. The number of fused-ring (bicyclic) bond motifs is 3. The number of hydrogen-bond acceptors (Lipinski definition) is 5. The normalized spacial score (nSPS) is 24.4. The van der Waals surface area contributed by atoms with Gasteiger partial charge in [-0.25, -0.2) is 4.98 Å². The van der Waals surface area contributed by atoms with E-state index in [1.54, 1.807) is 10.4 Å². The topological polar surface area (TPSA) is 48.5 Å². The lowest BCUT2D eigenvalue weighted by Crippen LogP contribution is -2.44. The molecule has 29 heavy (non-hydrogen) atoms. The van der Waals surface area contributed by atoms with E-state index in [9.17, 15) is 4.79 Å². The number of amides is 1. The summed E-state index contributed by atoms with van der Waals surface area (Å²) in [7, 11) is 2.13. The van der Waals surface area contributed by atoms with Crippen molar-refractivity contribution in [3.63, 3.8) is 0 Å². The van der Waals surface area contributed by atoms with E-state index in [0.717, 1.165) is 25.9 Å². The molecule has 1 aliphatic heterocycles. The number of rotatable bonds is 5. The van der Waals surface area contributed by atoms with E-state index in [-0.39, 0.29) is 0 Å². The monoisotopic (exact) mass is 412 g/mol. The van der Waals surface area contributed by atoms with E-state index < -0.39 is 0 Å². The summed E-state index contributed by atoms with van der Waals surface area (Å²) < 4.78 is 0. The predicted molar refractivity (Wildman–Crippen MR) is 120 cm³/mol. The molecule has 2 aromatic rings. The number of thiophene rings is 1. The minimum atomic E-state index is 0.315. The first-order valence-electron chi connectivity index (χ1n) is 11.3. The van der Waals surface area contributed by atoms with Crippen molar-refractivity contribution >= 4 is 33.1 Å². The summed E-state index contributed by atoms with van der Waals surface area (Å²) in [5.74, 6) is 0.315. The minimum absolute atomic E-state index is 0.315. The van der Waals surface area contributed by atoms with Crippen LogP contribution in [0.25, 0.3) is 10.2 Å². The van der Waals surface area contributed by atoms with Crippen molar-refractivity contribution in [1.29, 1.82) is 0 Å². The number of likely N-dealkylation sites (N-methyl/N-ethyl adjacent to an activating group) is 1. The van der Waals surface area contributed by atoms with Gasteiger partial charge in [-0.05, 0) is 76.5 Å². The molecular formula is C23H32N4OS. The average Bonchev–Trinajstić information content (AvgIpc) is 3.46. The van der Waals surface area contributed by atoms with Crippen LogP contribution in [-0.4, -0.2) is 59.5 Å². The molecule has 1 N–H and O–H groups in total. The predicted octanol–water partition coefficient (Wildman–Crippen LogP) is 4.06. The Hall–Kier alpha value is -1.66. The van der Waals surface area contributed by atoms with Gasteiger partial charge in [-0.15, -0.1) is 11.3 Å². The summed E-state index contributed by atoms with van der Waals surface area (Å²) in [4.78, 5) is 24.2. The van der Waals surface area contributed by atoms with Crippen LogP contribution in [0.3, 0.4) is 0 Å². The maximum Gasteiger partial charge on any atom is 0.236 e. The third-order valence-corrected chi connectivity index (χ3v) is 8.33. The fourth-order valence-electron chi connectivity index (χ4n) is 5.43. The van der Waals surface area contributed by atoms with Gasteiger partial charge in [0.05, 0.1) is 6.54 Å². The van der Waals surface area contributed by atoms with Gasteiger partial charge in [0.25, 0.3) is 0 Å². The van der Waals surface area contributed by atoms with Gasteiger partial charge in [-0.2, -0.15) is 0 Å². The molecule has 6 heteroatoms. The van der Waals surface area contributed by atoms with Crippen LogP contribution in [0.4, 0.5) is 5.69 Å². The Balaban J connectivity index is 1.18. The lowest BCUT2D eigenvalue weighted by atomic mass is 9.90. The van der Waals surface area contributed by atoms with Crippen LogP contribution in [0.2, 0.25) is 0 Å². The second-order valence-electron chi connectivity index (χ2n) is 9.05. The molecule has 0 unspecified atom stereocenters. The van der Waals surface area contributed by atoms with Gasteiger partial charge in [0.1, 0.15) is 4.83 Å². The molecule has 0 radical (unpaired) electrons. The Kier molecular flexibility index (Phi) is 5.48. The first-order chi connectivity index (χ1) is 14.2. The van der Waals surface area contributed by atoms with Gasteiger partial charge in [0.2, 0.25) is 5.91 Å². The summed E-state index contributed by atoms with van der Waals surface area (Å²) in [6.07, 6.45) is 12.7. The molecule has 5 rings (SSSR count). The summed E-state index contributed by atoms with van der Waals surface area (Å²) in [5, 5.41) is 5.25. The van der Waals surface area contributed by atoms with Gasteiger partial charge < -0.3 is 10.2 Å². The summed E-state index contributed by atoms with van der Waals surface area (Å²) >= 11 is 1.89. The number of pyridine rings is 1. The Bertz CT molecular complexity index is 880. The number of carbonyl (C=O) groups is 1. The molecule has 0 atom stereocenters. The van der Waals surface area contributed by atoms with E-state index >= 15 is 0 Å². The standard InChI is InChI=1S/C23H32N4OS/c1-26(15-21(28)27-13-2-3-14-27)17-9-7-16(8-10-17)25-19-11-12-24-23-22(19)18-5-4-6-20(18)29-23/h11-12,16-17H,2-10,13-15H2,1H3,(H,24,25). The van der Waals surface area contributed by atoms with Crippen LogP contribution >= 0.6 is 11.3 Å². The van der Waals surface area contributed by atoms with Crippen molar-refractivity contribution in [1.82, 2.24) is 14.8 Å². The molecule has 0 bridgehead atoms. The smallest absolute Gasteiger partial charge is 0.236 e. The quantitative estimate of drug-likeness (QED) is 0.804. The van der Waals surface area contributed by atoms with Crippen LogP contribution in [0, 0.1) is 0 Å². The molecule has 1 amide bonds. The number of aromatic nitrogens is 1. The highest BCUT2D eigenvalue weighted by Crippen LogP contribution is 2.40. The van der Waals surface area contributed by atoms with Crippen molar-refractivity contribution in [3.05, 3.63) is 22.7 Å². The number of carbonyl (C=O) groups excluding carboxylic acids is 1. The van der Waals surface area contributed by atoms with E-state index in [1.807, 2.05) is 22.4 Å². The van der Waals surface area contributed by atoms with Gasteiger partial charge in [-0.3, -0.25) is 9.69 Å². The fourth-order valence-corrected chi connectivity index (χ4v) is 6.69. The molecule has 5 nitrogen and oxygen atoms in total. The molecule has 0 aromatic carbocycles. The lowest BCUT2D eigenvalue weighted by molar-refractivity contribution is -0.131. The Morgan fingerprint density at radius 1 is 1.21 bits per heavy atom.